The van der Waals surface area contributed by atoms with Crippen molar-refractivity contribution in [1.82, 2.24) is 4.98 Å². The minimum absolute atomic E-state index is 0.0719. The lowest BCUT2D eigenvalue weighted by molar-refractivity contribution is 0.112. The van der Waals surface area contributed by atoms with E-state index in [9.17, 15) is 9.18 Å². The number of pyridine rings is 1. The monoisotopic (exact) mass is 231 g/mol. The van der Waals surface area contributed by atoms with Gasteiger partial charge in [-0.05, 0) is 12.1 Å². The highest BCUT2D eigenvalue weighted by Crippen LogP contribution is 2.30. The summed E-state index contributed by atoms with van der Waals surface area (Å²) in [4.78, 5) is 14.9. The molecule has 5 heteroatoms. The fourth-order valence-corrected chi connectivity index (χ4v) is 1.57. The zero-order valence-corrected chi connectivity index (χ0v) is 8.85. The molecule has 0 atom stereocenters. The Labute approximate surface area is 97.1 Å². The van der Waals surface area contributed by atoms with Gasteiger partial charge >= 0.3 is 0 Å². The Morgan fingerprint density at radius 2 is 2.00 bits per heavy atom. The van der Waals surface area contributed by atoms with Gasteiger partial charge in [-0.15, -0.1) is 0 Å². The van der Waals surface area contributed by atoms with Crippen LogP contribution in [0.25, 0.3) is 11.3 Å². The van der Waals surface area contributed by atoms with Gasteiger partial charge in [-0.2, -0.15) is 0 Å². The lowest BCUT2D eigenvalue weighted by Gasteiger charge is -2.09. The van der Waals surface area contributed by atoms with Crippen LogP contribution in [0, 0.1) is 5.82 Å². The molecular formula is C12H10FN3O. The van der Waals surface area contributed by atoms with Crippen molar-refractivity contribution in [2.75, 3.05) is 11.5 Å². The van der Waals surface area contributed by atoms with E-state index in [-0.39, 0.29) is 11.3 Å². The van der Waals surface area contributed by atoms with Crippen LogP contribution in [0.2, 0.25) is 0 Å². The van der Waals surface area contributed by atoms with Crippen LogP contribution < -0.4 is 11.5 Å². The molecule has 0 aliphatic rings. The molecule has 0 radical (unpaired) electrons. The molecule has 2 aromatic rings. The largest absolute Gasteiger partial charge is 0.397 e. The first kappa shape index (κ1) is 11.1. The van der Waals surface area contributed by atoms with E-state index in [1.54, 1.807) is 12.1 Å². The van der Waals surface area contributed by atoms with E-state index in [0.29, 0.717) is 23.2 Å². The number of nitrogens with two attached hydrogens (primary N) is 2. The van der Waals surface area contributed by atoms with E-state index in [0.717, 1.165) is 0 Å². The molecule has 0 spiro atoms. The molecule has 0 fully saturated rings. The maximum Gasteiger partial charge on any atom is 0.153 e. The molecule has 2 rings (SSSR count). The highest BCUT2D eigenvalue weighted by atomic mass is 19.1. The average molecular weight is 231 g/mol. The molecule has 0 unspecified atom stereocenters. The summed E-state index contributed by atoms with van der Waals surface area (Å²) in [6.45, 7) is 0. The quantitative estimate of drug-likeness (QED) is 0.773. The molecule has 0 bridgehead atoms. The van der Waals surface area contributed by atoms with Crippen LogP contribution in [0.5, 0.6) is 0 Å². The van der Waals surface area contributed by atoms with E-state index < -0.39 is 5.82 Å². The number of nitrogens with zero attached hydrogens (tertiary/aromatic N) is 1. The normalized spacial score (nSPS) is 10.2. The number of aromatic nitrogens is 1. The van der Waals surface area contributed by atoms with Gasteiger partial charge in [-0.1, -0.05) is 12.1 Å². The number of rotatable bonds is 2. The van der Waals surface area contributed by atoms with E-state index in [4.69, 9.17) is 11.5 Å². The molecule has 1 heterocycles. The first-order chi connectivity index (χ1) is 8.15. The number of anilines is 2. The van der Waals surface area contributed by atoms with Crippen molar-refractivity contribution in [2.24, 2.45) is 0 Å². The van der Waals surface area contributed by atoms with Crippen LogP contribution in [0.3, 0.4) is 0 Å². The molecule has 17 heavy (non-hydrogen) atoms. The second kappa shape index (κ2) is 4.21. The zero-order valence-electron chi connectivity index (χ0n) is 8.85. The van der Waals surface area contributed by atoms with Gasteiger partial charge in [0, 0.05) is 11.8 Å². The molecule has 0 amide bonds. The van der Waals surface area contributed by atoms with Gasteiger partial charge in [0.05, 0.1) is 22.6 Å². The van der Waals surface area contributed by atoms with Gasteiger partial charge in [-0.25, -0.2) is 4.39 Å². The summed E-state index contributed by atoms with van der Waals surface area (Å²) in [6, 6.07) is 5.81. The first-order valence-corrected chi connectivity index (χ1v) is 4.89. The predicted molar refractivity (Wildman–Crippen MR) is 63.8 cm³/mol. The third-order valence-corrected chi connectivity index (χ3v) is 2.45. The van der Waals surface area contributed by atoms with E-state index in [2.05, 4.69) is 4.98 Å². The Hall–Kier alpha value is -2.43. The third kappa shape index (κ3) is 1.82. The number of carbonyl (C=O) groups excluding carboxylic acids is 1. The number of hydrogen-bond acceptors (Lipinski definition) is 4. The van der Waals surface area contributed by atoms with Crippen molar-refractivity contribution in [3.05, 3.63) is 41.8 Å². The lowest BCUT2D eigenvalue weighted by Crippen LogP contribution is -2.01. The molecular weight excluding hydrogens is 221 g/mol. The third-order valence-electron chi connectivity index (χ3n) is 2.45. The van der Waals surface area contributed by atoms with Crippen molar-refractivity contribution in [3.63, 3.8) is 0 Å². The van der Waals surface area contributed by atoms with Crippen LogP contribution in [-0.2, 0) is 0 Å². The molecule has 1 aromatic heterocycles. The van der Waals surface area contributed by atoms with Crippen molar-refractivity contribution < 1.29 is 9.18 Å². The van der Waals surface area contributed by atoms with Gasteiger partial charge < -0.3 is 11.5 Å². The molecule has 1 aromatic carbocycles. The summed E-state index contributed by atoms with van der Waals surface area (Å²) in [5, 5.41) is 0. The van der Waals surface area contributed by atoms with Gasteiger partial charge in [-0.3, -0.25) is 9.78 Å². The number of hydrogen-bond donors (Lipinski definition) is 2. The maximum atomic E-state index is 13.4. The van der Waals surface area contributed by atoms with Gasteiger partial charge in [0.15, 0.2) is 6.29 Å². The SMILES string of the molecule is Nc1ccnc(-c2cccc(F)c2C=O)c1N. The van der Waals surface area contributed by atoms with Crippen molar-refractivity contribution in [3.8, 4) is 11.3 Å². The number of carbonyl (C=O) groups is 1. The smallest absolute Gasteiger partial charge is 0.153 e. The van der Waals surface area contributed by atoms with Crippen molar-refractivity contribution in [1.29, 1.82) is 0 Å². The predicted octanol–water partition coefficient (Wildman–Crippen LogP) is 1.86. The fraction of sp³-hybridized carbons (Fsp3) is 0. The minimum atomic E-state index is -0.610. The summed E-state index contributed by atoms with van der Waals surface area (Å²) >= 11 is 0. The van der Waals surface area contributed by atoms with Gasteiger partial charge in [0.1, 0.15) is 5.82 Å². The molecule has 0 aliphatic carbocycles. The summed E-state index contributed by atoms with van der Waals surface area (Å²) in [7, 11) is 0. The van der Waals surface area contributed by atoms with Crippen molar-refractivity contribution in [2.45, 2.75) is 0 Å². The molecule has 0 saturated carbocycles. The molecule has 4 nitrogen and oxygen atoms in total. The topological polar surface area (TPSA) is 82.0 Å². The first-order valence-electron chi connectivity index (χ1n) is 4.89. The van der Waals surface area contributed by atoms with Crippen LogP contribution in [0.15, 0.2) is 30.5 Å². The maximum absolute atomic E-state index is 13.4. The molecule has 4 N–H and O–H groups in total. The highest BCUT2D eigenvalue weighted by molar-refractivity contribution is 5.92. The van der Waals surface area contributed by atoms with Crippen LogP contribution in [-0.4, -0.2) is 11.3 Å². The van der Waals surface area contributed by atoms with E-state index in [1.165, 1.54) is 18.3 Å². The zero-order chi connectivity index (χ0) is 12.4. The van der Waals surface area contributed by atoms with Gasteiger partial charge in [0.2, 0.25) is 0 Å². The Morgan fingerprint density at radius 3 is 2.71 bits per heavy atom. The van der Waals surface area contributed by atoms with Crippen molar-refractivity contribution >= 4 is 17.7 Å². The summed E-state index contributed by atoms with van der Waals surface area (Å²) in [5.74, 6) is -0.610. The molecule has 86 valence electrons. The summed E-state index contributed by atoms with van der Waals surface area (Å²) in [6.07, 6.45) is 1.90. The van der Waals surface area contributed by atoms with E-state index >= 15 is 0 Å². The van der Waals surface area contributed by atoms with Crippen LogP contribution in [0.1, 0.15) is 10.4 Å². The summed E-state index contributed by atoms with van der Waals surface area (Å²) in [5.41, 5.74) is 12.6. The second-order valence-corrected chi connectivity index (χ2v) is 3.48. The molecule has 0 aliphatic heterocycles. The Bertz CT molecular complexity index is 584. The number of halogens is 1. The average Bonchev–Trinajstić information content (AvgIpc) is 2.32. The van der Waals surface area contributed by atoms with Crippen LogP contribution in [0.4, 0.5) is 15.8 Å². The number of nitrogen functional groups attached to an aromatic ring is 2. The fourth-order valence-electron chi connectivity index (χ4n) is 1.57. The highest BCUT2D eigenvalue weighted by Gasteiger charge is 2.13. The minimum Gasteiger partial charge on any atom is -0.397 e. The Morgan fingerprint density at radius 1 is 1.24 bits per heavy atom. The standard InChI is InChI=1S/C12H10FN3O/c13-9-3-1-2-7(8(9)6-17)12-11(15)10(14)4-5-16-12/h1-6H,15H2,(H2,14,16). The number of benzene rings is 1. The van der Waals surface area contributed by atoms with E-state index in [1.807, 2.05) is 0 Å². The number of aldehydes is 1. The lowest BCUT2D eigenvalue weighted by atomic mass is 10.0. The van der Waals surface area contributed by atoms with Gasteiger partial charge in [0.25, 0.3) is 0 Å². The molecule has 0 saturated heterocycles. The van der Waals surface area contributed by atoms with Crippen LogP contribution >= 0.6 is 0 Å². The second-order valence-electron chi connectivity index (χ2n) is 3.48. The Balaban J connectivity index is 2.73. The summed E-state index contributed by atoms with van der Waals surface area (Å²) < 4.78 is 13.4. The Kier molecular flexibility index (Phi) is 2.74.